The van der Waals surface area contributed by atoms with Crippen LogP contribution in [0, 0.1) is 0 Å². The summed E-state index contributed by atoms with van der Waals surface area (Å²) in [6, 6.07) is 21.7. The first-order chi connectivity index (χ1) is 13.7. The van der Waals surface area contributed by atoms with Crippen LogP contribution in [0.5, 0.6) is 5.75 Å². The Hall–Kier alpha value is -3.47. The van der Waals surface area contributed by atoms with Crippen LogP contribution in [0.2, 0.25) is 0 Å². The summed E-state index contributed by atoms with van der Waals surface area (Å²) in [7, 11) is 1.65. The van der Waals surface area contributed by atoms with Gasteiger partial charge in [-0.15, -0.1) is 0 Å². The van der Waals surface area contributed by atoms with Crippen molar-refractivity contribution in [3.63, 3.8) is 0 Å². The van der Waals surface area contributed by atoms with Gasteiger partial charge in [0.25, 0.3) is 5.91 Å². The summed E-state index contributed by atoms with van der Waals surface area (Å²) in [5, 5.41) is 3.02. The van der Waals surface area contributed by atoms with Crippen LogP contribution in [0.3, 0.4) is 0 Å². The summed E-state index contributed by atoms with van der Waals surface area (Å²) in [6.07, 6.45) is 2.41. The summed E-state index contributed by atoms with van der Waals surface area (Å²) in [5.74, 6) is 0.727. The molecule has 142 valence electrons. The number of aromatic nitrogens is 1. The van der Waals surface area contributed by atoms with Gasteiger partial charge in [0.05, 0.1) is 18.9 Å². The fourth-order valence-corrected chi connectivity index (χ4v) is 3.30. The van der Waals surface area contributed by atoms with Crippen LogP contribution in [0.1, 0.15) is 21.6 Å². The van der Waals surface area contributed by atoms with E-state index in [1.807, 2.05) is 53.1 Å². The fraction of sp³-hybridized carbons (Fsp3) is 0.174. The van der Waals surface area contributed by atoms with E-state index in [4.69, 9.17) is 9.15 Å². The predicted molar refractivity (Wildman–Crippen MR) is 109 cm³/mol. The summed E-state index contributed by atoms with van der Waals surface area (Å²) in [5.41, 5.74) is 4.52. The average Bonchev–Trinajstić information content (AvgIpc) is 3.32. The highest BCUT2D eigenvalue weighted by molar-refractivity contribution is 5.97. The number of rotatable bonds is 7. The third kappa shape index (κ3) is 3.78. The van der Waals surface area contributed by atoms with Gasteiger partial charge in [-0.25, -0.2) is 0 Å². The lowest BCUT2D eigenvalue weighted by molar-refractivity contribution is 0.0945. The molecule has 4 rings (SSSR count). The highest BCUT2D eigenvalue weighted by Crippen LogP contribution is 2.22. The second-order valence-corrected chi connectivity index (χ2v) is 6.63. The van der Waals surface area contributed by atoms with Crippen molar-refractivity contribution in [3.05, 3.63) is 89.8 Å². The average molecular weight is 374 g/mol. The van der Waals surface area contributed by atoms with E-state index in [0.717, 1.165) is 34.4 Å². The Balaban J connectivity index is 1.47. The highest BCUT2D eigenvalue weighted by Gasteiger charge is 2.17. The molecule has 4 aromatic rings. The van der Waals surface area contributed by atoms with Crippen molar-refractivity contribution in [3.8, 4) is 5.75 Å². The van der Waals surface area contributed by atoms with Gasteiger partial charge in [-0.1, -0.05) is 42.5 Å². The molecule has 5 heteroatoms. The van der Waals surface area contributed by atoms with Gasteiger partial charge in [0.1, 0.15) is 11.4 Å². The van der Waals surface area contributed by atoms with Crippen molar-refractivity contribution in [2.45, 2.75) is 13.0 Å². The number of hydrogen-bond acceptors (Lipinski definition) is 3. The zero-order chi connectivity index (χ0) is 19.3. The van der Waals surface area contributed by atoms with Crippen LogP contribution in [-0.4, -0.2) is 24.1 Å². The van der Waals surface area contributed by atoms with Crippen molar-refractivity contribution in [1.82, 2.24) is 9.88 Å². The lowest BCUT2D eigenvalue weighted by Crippen LogP contribution is -2.28. The Morgan fingerprint density at radius 2 is 1.82 bits per heavy atom. The van der Waals surface area contributed by atoms with Crippen molar-refractivity contribution >= 4 is 17.0 Å². The maximum Gasteiger partial charge on any atom is 0.268 e. The number of ether oxygens (including phenoxy) is 1. The van der Waals surface area contributed by atoms with E-state index in [1.165, 1.54) is 0 Å². The molecule has 1 amide bonds. The summed E-state index contributed by atoms with van der Waals surface area (Å²) >= 11 is 0. The summed E-state index contributed by atoms with van der Waals surface area (Å²) in [4.78, 5) is 12.8. The first-order valence-electron chi connectivity index (χ1n) is 9.26. The Kier molecular flexibility index (Phi) is 5.15. The van der Waals surface area contributed by atoms with Gasteiger partial charge in [-0.05, 0) is 29.7 Å². The van der Waals surface area contributed by atoms with E-state index in [9.17, 15) is 4.79 Å². The van der Waals surface area contributed by atoms with Crippen LogP contribution < -0.4 is 10.1 Å². The molecular formula is C23H22N2O3. The number of carbonyl (C=O) groups is 1. The van der Waals surface area contributed by atoms with E-state index in [1.54, 1.807) is 19.4 Å². The van der Waals surface area contributed by atoms with Crippen LogP contribution in [-0.2, 0) is 13.0 Å². The monoisotopic (exact) mass is 374 g/mol. The molecule has 28 heavy (non-hydrogen) atoms. The molecular weight excluding hydrogens is 352 g/mol. The number of hydrogen-bond donors (Lipinski definition) is 1. The summed E-state index contributed by atoms with van der Waals surface area (Å²) < 4.78 is 12.7. The van der Waals surface area contributed by atoms with Gasteiger partial charge in [0.15, 0.2) is 5.58 Å². The topological polar surface area (TPSA) is 56.4 Å². The second kappa shape index (κ2) is 8.05. The van der Waals surface area contributed by atoms with Gasteiger partial charge in [0.2, 0.25) is 0 Å². The van der Waals surface area contributed by atoms with Crippen LogP contribution >= 0.6 is 0 Å². The first kappa shape index (κ1) is 17.9. The molecule has 2 aromatic heterocycles. The molecule has 0 unspecified atom stereocenters. The molecule has 2 heterocycles. The number of methoxy groups -OCH3 is 1. The summed E-state index contributed by atoms with van der Waals surface area (Å²) in [6.45, 7) is 1.17. The van der Waals surface area contributed by atoms with E-state index in [-0.39, 0.29) is 5.91 Å². The molecule has 0 spiro atoms. The smallest absolute Gasteiger partial charge is 0.268 e. The molecule has 0 aliphatic rings. The lowest BCUT2D eigenvalue weighted by atomic mass is 10.1. The molecule has 0 saturated heterocycles. The molecule has 5 nitrogen and oxygen atoms in total. The van der Waals surface area contributed by atoms with Gasteiger partial charge in [0, 0.05) is 25.2 Å². The maximum absolute atomic E-state index is 12.8. The number of nitrogens with one attached hydrogen (secondary N) is 1. The Morgan fingerprint density at radius 3 is 2.57 bits per heavy atom. The first-order valence-corrected chi connectivity index (χ1v) is 9.26. The Morgan fingerprint density at radius 1 is 1.04 bits per heavy atom. The number of nitrogens with zero attached hydrogens (tertiary/aromatic N) is 1. The molecule has 0 bridgehead atoms. The molecule has 2 aromatic carbocycles. The molecule has 0 fully saturated rings. The number of benzene rings is 2. The van der Waals surface area contributed by atoms with E-state index >= 15 is 0 Å². The van der Waals surface area contributed by atoms with Crippen LogP contribution in [0.15, 0.2) is 77.4 Å². The molecule has 1 N–H and O–H groups in total. The third-order valence-electron chi connectivity index (χ3n) is 4.80. The molecule has 0 aliphatic heterocycles. The minimum Gasteiger partial charge on any atom is -0.497 e. The molecule has 0 aliphatic carbocycles. The SMILES string of the molecule is COc1ccc(CCNC(=O)c2cc3occc3n2Cc2ccccc2)cc1. The minimum atomic E-state index is -0.101. The number of fused-ring (bicyclic) bond motifs is 1. The Bertz CT molecular complexity index is 1060. The highest BCUT2D eigenvalue weighted by atomic mass is 16.5. The van der Waals surface area contributed by atoms with Gasteiger partial charge >= 0.3 is 0 Å². The van der Waals surface area contributed by atoms with Gasteiger partial charge < -0.3 is 19.0 Å². The van der Waals surface area contributed by atoms with Crippen molar-refractivity contribution in [2.75, 3.05) is 13.7 Å². The van der Waals surface area contributed by atoms with Gasteiger partial charge in [-0.2, -0.15) is 0 Å². The van der Waals surface area contributed by atoms with E-state index in [0.29, 0.717) is 18.8 Å². The zero-order valence-electron chi connectivity index (χ0n) is 15.7. The van der Waals surface area contributed by atoms with E-state index < -0.39 is 0 Å². The third-order valence-corrected chi connectivity index (χ3v) is 4.80. The molecule has 0 atom stereocenters. The maximum atomic E-state index is 12.8. The number of carbonyl (C=O) groups excluding carboxylic acids is 1. The lowest BCUT2D eigenvalue weighted by Gasteiger charge is -2.11. The van der Waals surface area contributed by atoms with Crippen LogP contribution in [0.4, 0.5) is 0 Å². The Labute approximate surface area is 163 Å². The standard InChI is InChI=1S/C23H22N2O3/c1-27-19-9-7-17(8-10-19)11-13-24-23(26)21-15-22-20(12-14-28-22)25(21)16-18-5-3-2-4-6-18/h2-10,12,14-15H,11,13,16H2,1H3,(H,24,26). The molecule has 0 radical (unpaired) electrons. The van der Waals surface area contributed by atoms with E-state index in [2.05, 4.69) is 17.4 Å². The van der Waals surface area contributed by atoms with Crippen molar-refractivity contribution in [1.29, 1.82) is 0 Å². The van der Waals surface area contributed by atoms with Crippen molar-refractivity contribution < 1.29 is 13.9 Å². The number of furan rings is 1. The quantitative estimate of drug-likeness (QED) is 0.526. The fourth-order valence-electron chi connectivity index (χ4n) is 3.30. The largest absolute Gasteiger partial charge is 0.497 e. The van der Waals surface area contributed by atoms with Gasteiger partial charge in [-0.3, -0.25) is 4.79 Å². The predicted octanol–water partition coefficient (Wildman–Crippen LogP) is 4.26. The van der Waals surface area contributed by atoms with Crippen LogP contribution in [0.25, 0.3) is 11.1 Å². The molecule has 0 saturated carbocycles. The minimum absolute atomic E-state index is 0.101. The van der Waals surface area contributed by atoms with Crippen molar-refractivity contribution in [2.24, 2.45) is 0 Å². The zero-order valence-corrected chi connectivity index (χ0v) is 15.7. The number of amides is 1. The second-order valence-electron chi connectivity index (χ2n) is 6.63. The normalized spacial score (nSPS) is 10.9.